The Balaban J connectivity index is -0.000000306. The van der Waals surface area contributed by atoms with Crippen molar-refractivity contribution in [3.05, 3.63) is 144 Å². The number of piperidine rings is 2. The molecule has 0 spiro atoms. The molecule has 5 atom stereocenters. The fraction of sp³-hybridized carbons (Fsp3) is 0.528. The van der Waals surface area contributed by atoms with Gasteiger partial charge in [0.25, 0.3) is 0 Å². The molecule has 2 fully saturated rings. The molecule has 0 amide bonds. The molecule has 4 aromatic carbocycles. The summed E-state index contributed by atoms with van der Waals surface area (Å²) < 4.78 is 11.6. The normalized spacial score (nSPS) is 16.9. The molecule has 14 heteroatoms. The van der Waals surface area contributed by atoms with Crippen LogP contribution in [-0.4, -0.2) is 90.2 Å². The summed E-state index contributed by atoms with van der Waals surface area (Å²) in [4.78, 5) is 72.3. The second-order valence-corrected chi connectivity index (χ2v) is 23.0. The average Bonchev–Trinajstić information content (AvgIpc) is 3.51. The Morgan fingerprint density at radius 2 is 0.965 bits per heavy atom. The Kier molecular flexibility index (Phi) is 44.3. The minimum Gasteiger partial charge on any atom is -0.508 e. The number of ether oxygens (including phenoxy) is 2. The maximum Gasteiger partial charge on any atom is 0.314 e. The van der Waals surface area contributed by atoms with E-state index in [2.05, 4.69) is 52.2 Å². The van der Waals surface area contributed by atoms with Crippen LogP contribution in [0.25, 0.3) is 12.2 Å². The third-order valence-electron chi connectivity index (χ3n) is 13.7. The van der Waals surface area contributed by atoms with Crippen molar-refractivity contribution < 1.29 is 58.7 Å². The molecule has 0 bridgehead atoms. The average molecular weight is 1200 g/mol. The van der Waals surface area contributed by atoms with E-state index in [1.807, 2.05) is 52.0 Å². The number of phenols is 1. The molecule has 2 aliphatic heterocycles. The number of hydrogen-bond acceptors (Lipinski definition) is 12. The van der Waals surface area contributed by atoms with E-state index in [-0.39, 0.29) is 124 Å². The van der Waals surface area contributed by atoms with Gasteiger partial charge in [0.15, 0.2) is 11.6 Å². The highest BCUT2D eigenvalue weighted by molar-refractivity contribution is 6.07. The van der Waals surface area contributed by atoms with E-state index < -0.39 is 47.2 Å². The first-order chi connectivity index (χ1) is 36.4. The second-order valence-electron chi connectivity index (χ2n) is 23.0. The van der Waals surface area contributed by atoms with Gasteiger partial charge in [-0.25, -0.2) is 0 Å². The number of carbonyl (C=O) groups is 6. The van der Waals surface area contributed by atoms with Crippen LogP contribution in [0.5, 0.6) is 11.5 Å². The molecule has 86 heavy (non-hydrogen) atoms. The molecular formula is C72H118N2O12. The smallest absolute Gasteiger partial charge is 0.314 e. The number of allylic oxidation sites excluding steroid dienone is 2. The molecule has 2 heterocycles. The number of aliphatic hydroxyl groups is 1. The summed E-state index contributed by atoms with van der Waals surface area (Å²) in [5, 5.41) is 43.4. The second kappa shape index (κ2) is 42.2. The number of esters is 2. The molecule has 488 valence electrons. The molecule has 0 aromatic heterocycles. The molecule has 2 aliphatic rings. The summed E-state index contributed by atoms with van der Waals surface area (Å²) in [5.41, 5.74) is 2.54. The van der Waals surface area contributed by atoms with E-state index in [4.69, 9.17) is 19.7 Å². The van der Waals surface area contributed by atoms with Crippen LogP contribution < -0.4 is 15.4 Å². The number of aliphatic hydroxyl groups excluding tert-OH is 1. The summed E-state index contributed by atoms with van der Waals surface area (Å²) in [6, 6.07) is 31.5. The van der Waals surface area contributed by atoms with E-state index in [0.717, 1.165) is 36.8 Å². The quantitative estimate of drug-likeness (QED) is 0.0236. The van der Waals surface area contributed by atoms with Crippen LogP contribution in [0, 0.1) is 23.7 Å². The molecule has 14 nitrogen and oxygen atoms in total. The third kappa shape index (κ3) is 32.7. The number of ketones is 2. The van der Waals surface area contributed by atoms with Gasteiger partial charge >= 0.3 is 23.9 Å². The molecule has 4 aromatic rings. The first-order valence-corrected chi connectivity index (χ1v) is 27.0. The minimum atomic E-state index is -1.01. The van der Waals surface area contributed by atoms with Crippen LogP contribution in [0.1, 0.15) is 226 Å². The van der Waals surface area contributed by atoms with Gasteiger partial charge in [-0.05, 0) is 154 Å². The lowest BCUT2D eigenvalue weighted by atomic mass is 9.80. The number of aliphatic carboxylic acids is 2. The highest BCUT2D eigenvalue weighted by Crippen LogP contribution is 2.34. The van der Waals surface area contributed by atoms with Gasteiger partial charge in [-0.2, -0.15) is 0 Å². The molecule has 5 unspecified atom stereocenters. The zero-order valence-corrected chi connectivity index (χ0v) is 47.9. The summed E-state index contributed by atoms with van der Waals surface area (Å²) in [6.07, 6.45) is 10.5. The fourth-order valence-electron chi connectivity index (χ4n) is 9.52. The number of rotatable bonds is 18. The van der Waals surface area contributed by atoms with Gasteiger partial charge in [0.1, 0.15) is 17.6 Å². The zero-order valence-electron chi connectivity index (χ0n) is 47.9. The van der Waals surface area contributed by atoms with Crippen molar-refractivity contribution in [2.75, 3.05) is 0 Å². The van der Waals surface area contributed by atoms with Gasteiger partial charge in [0, 0.05) is 27.7 Å². The lowest BCUT2D eigenvalue weighted by Gasteiger charge is -2.47. The maximum absolute atomic E-state index is 13.5. The number of carbonyl (C=O) groups excluding carboxylic acids is 4. The first-order valence-electron chi connectivity index (χ1n) is 27.0. The Bertz CT molecular complexity index is 2590. The van der Waals surface area contributed by atoms with Crippen molar-refractivity contribution in [3.8, 4) is 11.5 Å². The zero-order chi connectivity index (χ0) is 58.4. The standard InChI is InChI=1S/C35H45NO7.C15H12O2.C9H19NO.C5H10O2.8CH4/c1-7-25(32(40)42-28-16-13-24(14-17-28)15-18-29(37)26-11-9-8-10-12-26)22-27(21-23(2)31(38)39)33(41)43-30-19-20-34(3,4)36-35(30,5)6;16-14-9-6-12(7-10-14)8-11-15(17)13-4-2-1-3-5-13;1-8(2)5-7(11)6-9(3,4)10-8;1-3-4(2)5(6)7;;;;;;;;/h8-18,23,25,27,30,36H,7,19-22H2,1-6H3,(H,38,39);1-11,16H;7,10-11H,5-6H2,1-4H3;4H,3H2,1-2H3,(H,6,7);8*1H4/b18-15+;11-8+;;;;;;;;;;. The van der Waals surface area contributed by atoms with E-state index in [0.29, 0.717) is 29.7 Å². The summed E-state index contributed by atoms with van der Waals surface area (Å²) in [6.45, 7) is 23.7. The van der Waals surface area contributed by atoms with Crippen LogP contribution in [0.15, 0.2) is 121 Å². The van der Waals surface area contributed by atoms with E-state index in [1.165, 1.54) is 12.2 Å². The number of benzene rings is 4. The largest absolute Gasteiger partial charge is 0.508 e. The molecule has 0 saturated carbocycles. The van der Waals surface area contributed by atoms with E-state index >= 15 is 0 Å². The summed E-state index contributed by atoms with van der Waals surface area (Å²) in [7, 11) is 0. The predicted molar refractivity (Wildman–Crippen MR) is 361 cm³/mol. The highest BCUT2D eigenvalue weighted by atomic mass is 16.5. The van der Waals surface area contributed by atoms with Crippen molar-refractivity contribution in [2.45, 2.75) is 228 Å². The molecule has 6 rings (SSSR count). The molecular weight excluding hydrogens is 1080 g/mol. The summed E-state index contributed by atoms with van der Waals surface area (Å²) in [5.74, 6) is -4.64. The van der Waals surface area contributed by atoms with Crippen molar-refractivity contribution in [2.24, 2.45) is 23.7 Å². The number of phenolic OH excluding ortho intramolecular Hbond substituents is 1. The van der Waals surface area contributed by atoms with Gasteiger partial charge in [0.05, 0.1) is 35.3 Å². The lowest BCUT2D eigenvalue weighted by Crippen LogP contribution is -2.63. The Morgan fingerprint density at radius 3 is 1.33 bits per heavy atom. The Hall–Kier alpha value is -6.74. The Labute approximate surface area is 521 Å². The van der Waals surface area contributed by atoms with Gasteiger partial charge in [-0.1, -0.05) is 184 Å². The topological polar surface area (TPSA) is 226 Å². The van der Waals surface area contributed by atoms with Gasteiger partial charge in [-0.3, -0.25) is 28.8 Å². The van der Waals surface area contributed by atoms with Crippen LogP contribution in [0.4, 0.5) is 0 Å². The van der Waals surface area contributed by atoms with Gasteiger partial charge < -0.3 is 40.5 Å². The molecule has 2 saturated heterocycles. The van der Waals surface area contributed by atoms with Crippen molar-refractivity contribution in [1.29, 1.82) is 0 Å². The first kappa shape index (κ1) is 90.4. The SMILES string of the molecule is C.C.C.C.C.C.C.C.CC1(C)CC(O)CC(C)(C)N1.CCC(C)C(=O)O.CCC(CC(CC(C)C(=O)O)C(=O)OC1CCC(C)(C)NC1(C)C)C(=O)Oc1ccc(/C=C/C(=O)c2ccccc2)cc1.O=C(/C=C/c1ccc(O)cc1)c1ccccc1. The maximum atomic E-state index is 13.5. The molecule has 0 radical (unpaired) electrons. The van der Waals surface area contributed by atoms with E-state index in [9.17, 15) is 39.0 Å². The minimum absolute atomic E-state index is 0. The fourth-order valence-corrected chi connectivity index (χ4v) is 9.52. The lowest BCUT2D eigenvalue weighted by molar-refractivity contribution is -0.163. The van der Waals surface area contributed by atoms with E-state index in [1.54, 1.807) is 111 Å². The monoisotopic (exact) mass is 1200 g/mol. The number of carboxylic acids is 2. The third-order valence-corrected chi connectivity index (χ3v) is 13.7. The van der Waals surface area contributed by atoms with Crippen LogP contribution in [0.2, 0.25) is 0 Å². The Morgan fingerprint density at radius 1 is 0.547 bits per heavy atom. The number of nitrogens with one attached hydrogen (secondary N) is 2. The number of aromatic hydroxyl groups is 1. The van der Waals surface area contributed by atoms with Gasteiger partial charge in [0.2, 0.25) is 0 Å². The van der Waals surface area contributed by atoms with Crippen molar-refractivity contribution in [1.82, 2.24) is 10.6 Å². The van der Waals surface area contributed by atoms with Crippen LogP contribution in [0.3, 0.4) is 0 Å². The summed E-state index contributed by atoms with van der Waals surface area (Å²) >= 11 is 0. The predicted octanol–water partition coefficient (Wildman–Crippen LogP) is 17.3. The van der Waals surface area contributed by atoms with Crippen molar-refractivity contribution in [3.63, 3.8) is 0 Å². The van der Waals surface area contributed by atoms with Crippen molar-refractivity contribution >= 4 is 47.6 Å². The van der Waals surface area contributed by atoms with Crippen LogP contribution >= 0.6 is 0 Å². The van der Waals surface area contributed by atoms with Crippen LogP contribution in [-0.2, 0) is 23.9 Å². The number of hydrogen-bond donors (Lipinski definition) is 6. The van der Waals surface area contributed by atoms with Gasteiger partial charge in [-0.15, -0.1) is 0 Å². The highest BCUT2D eigenvalue weighted by Gasteiger charge is 2.43. The number of carboxylic acid groups (broad SMARTS) is 2. The molecule has 6 N–H and O–H groups in total. The molecule has 0 aliphatic carbocycles.